The lowest BCUT2D eigenvalue weighted by Crippen LogP contribution is -2.46. The van der Waals surface area contributed by atoms with Crippen LogP contribution in [-0.2, 0) is 0 Å². The summed E-state index contributed by atoms with van der Waals surface area (Å²) in [6.07, 6.45) is 0. The van der Waals surface area contributed by atoms with Gasteiger partial charge < -0.3 is 20.1 Å². The van der Waals surface area contributed by atoms with Crippen LogP contribution in [0.5, 0.6) is 0 Å². The number of rotatable bonds is 4. The second-order valence-corrected chi connectivity index (χ2v) is 5.27. The van der Waals surface area contributed by atoms with E-state index in [4.69, 9.17) is 0 Å². The Hall–Kier alpha value is -2.32. The van der Waals surface area contributed by atoms with E-state index < -0.39 is 20.3 Å². The Kier molecular flexibility index (Phi) is 5.63. The fourth-order valence-electron chi connectivity index (χ4n) is 2.45. The Labute approximate surface area is 140 Å². The minimum atomic E-state index is -1.71. The lowest BCUT2D eigenvalue weighted by Gasteiger charge is -2.28. The van der Waals surface area contributed by atoms with Crippen molar-refractivity contribution in [2.75, 3.05) is 23.9 Å². The van der Waals surface area contributed by atoms with Crippen LogP contribution in [-0.4, -0.2) is 54.5 Å². The largest absolute Gasteiger partial charge is 0.490 e. The molecule has 9 heteroatoms. The van der Waals surface area contributed by atoms with Gasteiger partial charge in [-0.3, -0.25) is 9.80 Å². The molecule has 24 heavy (non-hydrogen) atoms. The van der Waals surface area contributed by atoms with Crippen LogP contribution in [0.2, 0.25) is 0 Å². The quantitative estimate of drug-likeness (QED) is 0.525. The average molecular weight is 328 g/mol. The minimum absolute atomic E-state index is 0.192. The zero-order valence-electron chi connectivity index (χ0n) is 13.4. The van der Waals surface area contributed by atoms with E-state index in [0.29, 0.717) is 11.4 Å². The first-order valence-electron chi connectivity index (χ1n) is 7.26. The molecule has 0 aliphatic heterocycles. The summed E-state index contributed by atoms with van der Waals surface area (Å²) in [5.41, 5.74) is 1.06. The molecule has 0 aliphatic carbocycles. The van der Waals surface area contributed by atoms with E-state index in [9.17, 15) is 24.9 Å². The number of anilines is 2. The summed E-state index contributed by atoms with van der Waals surface area (Å²) in [6, 6.07) is 12.4. The van der Waals surface area contributed by atoms with Gasteiger partial charge in [0.05, 0.1) is 0 Å². The highest BCUT2D eigenvalue weighted by Crippen LogP contribution is 2.16. The molecule has 0 saturated carbocycles. The molecule has 0 bridgehead atoms. The van der Waals surface area contributed by atoms with E-state index >= 15 is 0 Å². The number of carbonyl (C=O) groups excluding carboxylic acids is 1. The van der Waals surface area contributed by atoms with Crippen LogP contribution in [0.1, 0.15) is 0 Å². The van der Waals surface area contributed by atoms with Crippen molar-refractivity contribution in [3.05, 3.63) is 48.5 Å². The van der Waals surface area contributed by atoms with Crippen molar-refractivity contribution < 1.29 is 24.9 Å². The fraction of sp³-hybridized carbons (Fsp3) is 0.133. The Morgan fingerprint density at radius 3 is 1.42 bits per heavy atom. The summed E-state index contributed by atoms with van der Waals surface area (Å²) in [5, 5.41) is 37.8. The molecule has 0 aliphatic rings. The highest BCUT2D eigenvalue weighted by Gasteiger charge is 2.26. The first kappa shape index (κ1) is 18.0. The Morgan fingerprint density at radius 1 is 0.750 bits per heavy atom. The van der Waals surface area contributed by atoms with Crippen molar-refractivity contribution in [2.24, 2.45) is 0 Å². The van der Waals surface area contributed by atoms with Crippen LogP contribution in [0.4, 0.5) is 16.2 Å². The van der Waals surface area contributed by atoms with Crippen molar-refractivity contribution in [3.63, 3.8) is 0 Å². The number of nitrogens with zero attached hydrogens (tertiary/aromatic N) is 2. The van der Waals surface area contributed by atoms with Gasteiger partial charge in [-0.15, -0.1) is 0 Å². The number of amides is 2. The fourth-order valence-corrected chi connectivity index (χ4v) is 2.45. The average Bonchev–Trinajstić information content (AvgIpc) is 2.59. The number of para-hydroxylation sites is 2. The van der Waals surface area contributed by atoms with Crippen LogP contribution in [0, 0.1) is 0 Å². The maximum absolute atomic E-state index is 12.7. The molecule has 0 fully saturated rings. The summed E-state index contributed by atoms with van der Waals surface area (Å²) in [4.78, 5) is 15.2. The summed E-state index contributed by atoms with van der Waals surface area (Å²) in [6.45, 7) is 0. The molecule has 0 aromatic heterocycles. The number of urea groups is 1. The van der Waals surface area contributed by atoms with E-state index in [1.807, 2.05) is 0 Å². The SMILES string of the molecule is CN(C(=O)N(C)c1ccccc1B(O)O)c1ccccc1B(O)O. The standard InChI is InChI=1S/C15H18B2N2O5/c1-18(13-9-5-3-7-11(13)16(21)22)15(20)19(2)14-10-6-4-8-12(14)17(23)24/h3-10,21-24H,1-2H3. The lowest BCUT2D eigenvalue weighted by molar-refractivity contribution is 0.253. The molecule has 0 atom stereocenters. The second kappa shape index (κ2) is 7.50. The first-order chi connectivity index (χ1) is 11.3. The van der Waals surface area contributed by atoms with Gasteiger partial charge in [-0.25, -0.2) is 4.79 Å². The van der Waals surface area contributed by atoms with Gasteiger partial charge in [-0.1, -0.05) is 36.4 Å². The topological polar surface area (TPSA) is 104 Å². The third-order valence-corrected chi connectivity index (χ3v) is 3.73. The Morgan fingerprint density at radius 2 is 1.08 bits per heavy atom. The Bertz CT molecular complexity index is 667. The predicted molar refractivity (Wildman–Crippen MR) is 94.7 cm³/mol. The molecule has 2 aromatic rings. The van der Waals surface area contributed by atoms with E-state index in [-0.39, 0.29) is 10.9 Å². The summed E-state index contributed by atoms with van der Waals surface area (Å²) in [5.74, 6) is 0. The van der Waals surface area contributed by atoms with Crippen LogP contribution in [0.15, 0.2) is 48.5 Å². The van der Waals surface area contributed by atoms with Crippen molar-refractivity contribution in [2.45, 2.75) is 0 Å². The van der Waals surface area contributed by atoms with Gasteiger partial charge in [0.25, 0.3) is 0 Å². The van der Waals surface area contributed by atoms with Crippen molar-refractivity contribution in [1.82, 2.24) is 0 Å². The Balaban J connectivity index is 2.35. The van der Waals surface area contributed by atoms with E-state index in [1.165, 1.54) is 36.0 Å². The second-order valence-electron chi connectivity index (χ2n) is 5.27. The normalized spacial score (nSPS) is 10.2. The van der Waals surface area contributed by atoms with Gasteiger partial charge in [0, 0.05) is 36.4 Å². The summed E-state index contributed by atoms with van der Waals surface area (Å²) < 4.78 is 0. The van der Waals surface area contributed by atoms with E-state index in [1.54, 1.807) is 36.4 Å². The van der Waals surface area contributed by atoms with Gasteiger partial charge in [0.2, 0.25) is 0 Å². The van der Waals surface area contributed by atoms with Crippen LogP contribution in [0.25, 0.3) is 0 Å². The molecule has 2 aromatic carbocycles. The van der Waals surface area contributed by atoms with Gasteiger partial charge in [-0.2, -0.15) is 0 Å². The highest BCUT2D eigenvalue weighted by atomic mass is 16.4. The number of hydrogen-bond acceptors (Lipinski definition) is 5. The highest BCUT2D eigenvalue weighted by molar-refractivity contribution is 6.61. The maximum atomic E-state index is 12.7. The number of carbonyl (C=O) groups is 1. The van der Waals surface area contributed by atoms with Crippen molar-refractivity contribution in [3.8, 4) is 0 Å². The minimum Gasteiger partial charge on any atom is -0.423 e. The maximum Gasteiger partial charge on any atom is 0.490 e. The molecular weight excluding hydrogens is 310 g/mol. The molecule has 0 unspecified atom stereocenters. The molecule has 2 amide bonds. The summed E-state index contributed by atoms with van der Waals surface area (Å²) >= 11 is 0. The molecule has 7 nitrogen and oxygen atoms in total. The third kappa shape index (κ3) is 3.60. The van der Waals surface area contributed by atoms with Gasteiger partial charge >= 0.3 is 20.3 Å². The monoisotopic (exact) mass is 328 g/mol. The zero-order chi connectivity index (χ0) is 17.9. The number of hydrogen-bond donors (Lipinski definition) is 4. The first-order valence-corrected chi connectivity index (χ1v) is 7.26. The van der Waals surface area contributed by atoms with E-state index in [2.05, 4.69) is 0 Å². The zero-order valence-corrected chi connectivity index (χ0v) is 13.4. The number of benzene rings is 2. The molecule has 0 heterocycles. The molecular formula is C15H18B2N2O5. The lowest BCUT2D eigenvalue weighted by atomic mass is 9.78. The molecule has 124 valence electrons. The molecule has 0 spiro atoms. The van der Waals surface area contributed by atoms with Crippen LogP contribution in [0.3, 0.4) is 0 Å². The molecule has 0 radical (unpaired) electrons. The van der Waals surface area contributed by atoms with Gasteiger partial charge in [0.15, 0.2) is 0 Å². The van der Waals surface area contributed by atoms with Crippen LogP contribution < -0.4 is 20.7 Å². The van der Waals surface area contributed by atoms with Crippen LogP contribution >= 0.6 is 0 Å². The summed E-state index contributed by atoms with van der Waals surface area (Å²) in [7, 11) is -0.433. The smallest absolute Gasteiger partial charge is 0.423 e. The van der Waals surface area contributed by atoms with E-state index in [0.717, 1.165) is 0 Å². The van der Waals surface area contributed by atoms with Gasteiger partial charge in [0.1, 0.15) is 0 Å². The molecule has 0 saturated heterocycles. The van der Waals surface area contributed by atoms with Crippen molar-refractivity contribution in [1.29, 1.82) is 0 Å². The predicted octanol–water partition coefficient (Wildman–Crippen LogP) is -1.26. The van der Waals surface area contributed by atoms with Gasteiger partial charge in [-0.05, 0) is 12.1 Å². The third-order valence-electron chi connectivity index (χ3n) is 3.73. The van der Waals surface area contributed by atoms with Crippen molar-refractivity contribution >= 4 is 42.6 Å². The molecule has 2 rings (SSSR count). The molecule has 4 N–H and O–H groups in total.